The van der Waals surface area contributed by atoms with Gasteiger partial charge in [-0.05, 0) is 42.5 Å². The Kier molecular flexibility index (Phi) is 4.32. The molecular weight excluding hydrogens is 336 g/mol. The highest BCUT2D eigenvalue weighted by molar-refractivity contribution is 9.10. The molecule has 5 heteroatoms. The number of rotatable bonds is 3. The van der Waals surface area contributed by atoms with Gasteiger partial charge in [0.1, 0.15) is 0 Å². The molecule has 0 unspecified atom stereocenters. The standard InChI is InChI=1S/C13H8BrClO2S/c14-9-3-6-12(11(15)7-9)18-10-4-1-8(2-5-10)13(16)17/h1-7H,(H,16,17). The van der Waals surface area contributed by atoms with Crippen LogP contribution in [0.15, 0.2) is 56.7 Å². The summed E-state index contributed by atoms with van der Waals surface area (Å²) in [6, 6.07) is 12.4. The lowest BCUT2D eigenvalue weighted by molar-refractivity contribution is 0.0697. The molecule has 0 heterocycles. The fourth-order valence-electron chi connectivity index (χ4n) is 1.35. The molecule has 2 rings (SSSR count). The van der Waals surface area contributed by atoms with E-state index in [1.807, 2.05) is 18.2 Å². The average Bonchev–Trinajstić information content (AvgIpc) is 2.33. The molecule has 0 aliphatic carbocycles. The lowest BCUT2D eigenvalue weighted by Crippen LogP contribution is -1.94. The Labute approximate surface area is 122 Å². The minimum atomic E-state index is -0.923. The van der Waals surface area contributed by atoms with Crippen LogP contribution in [0, 0.1) is 0 Å². The van der Waals surface area contributed by atoms with Crippen molar-refractivity contribution in [3.8, 4) is 0 Å². The third kappa shape index (κ3) is 3.28. The second-order valence-electron chi connectivity index (χ2n) is 3.51. The average molecular weight is 344 g/mol. The van der Waals surface area contributed by atoms with E-state index in [0.717, 1.165) is 14.3 Å². The molecule has 0 fully saturated rings. The van der Waals surface area contributed by atoms with Gasteiger partial charge in [-0.25, -0.2) is 4.79 Å². The fraction of sp³-hybridized carbons (Fsp3) is 0. The molecule has 0 aliphatic rings. The minimum Gasteiger partial charge on any atom is -0.478 e. The first-order chi connectivity index (χ1) is 8.56. The van der Waals surface area contributed by atoms with E-state index in [-0.39, 0.29) is 5.56 Å². The van der Waals surface area contributed by atoms with Crippen molar-refractivity contribution >= 4 is 45.3 Å². The molecule has 0 radical (unpaired) electrons. The first-order valence-corrected chi connectivity index (χ1v) is 7.01. The Morgan fingerprint density at radius 3 is 2.39 bits per heavy atom. The Morgan fingerprint density at radius 1 is 1.17 bits per heavy atom. The van der Waals surface area contributed by atoms with E-state index in [2.05, 4.69) is 15.9 Å². The molecule has 2 nitrogen and oxygen atoms in total. The molecule has 2 aromatic rings. The maximum absolute atomic E-state index is 10.7. The van der Waals surface area contributed by atoms with Crippen molar-refractivity contribution in [1.82, 2.24) is 0 Å². The van der Waals surface area contributed by atoms with E-state index in [0.29, 0.717) is 5.02 Å². The summed E-state index contributed by atoms with van der Waals surface area (Å²) in [5.74, 6) is -0.923. The number of carboxylic acid groups (broad SMARTS) is 1. The lowest BCUT2D eigenvalue weighted by atomic mass is 10.2. The second kappa shape index (κ2) is 5.78. The lowest BCUT2D eigenvalue weighted by Gasteiger charge is -2.05. The SMILES string of the molecule is O=C(O)c1ccc(Sc2ccc(Br)cc2Cl)cc1. The Morgan fingerprint density at radius 2 is 1.83 bits per heavy atom. The van der Waals surface area contributed by atoms with Crippen LogP contribution in [0.5, 0.6) is 0 Å². The number of halogens is 2. The molecular formula is C13H8BrClO2S. The summed E-state index contributed by atoms with van der Waals surface area (Å²) in [5, 5.41) is 9.47. The first-order valence-electron chi connectivity index (χ1n) is 5.02. The molecule has 0 aliphatic heterocycles. The van der Waals surface area contributed by atoms with Gasteiger partial charge in [0.05, 0.1) is 10.6 Å². The molecule has 0 saturated carbocycles. The molecule has 0 bridgehead atoms. The quantitative estimate of drug-likeness (QED) is 0.856. The predicted octanol–water partition coefficient (Wildman–Crippen LogP) is 4.95. The zero-order chi connectivity index (χ0) is 13.1. The summed E-state index contributed by atoms with van der Waals surface area (Å²) in [6.45, 7) is 0. The molecule has 1 N–H and O–H groups in total. The van der Waals surface area contributed by atoms with Gasteiger partial charge in [-0.15, -0.1) is 0 Å². The van der Waals surface area contributed by atoms with Crippen LogP contribution in [-0.4, -0.2) is 11.1 Å². The maximum Gasteiger partial charge on any atom is 0.335 e. The fourth-order valence-corrected chi connectivity index (χ4v) is 2.96. The van der Waals surface area contributed by atoms with Crippen LogP contribution in [0.2, 0.25) is 5.02 Å². The number of carbonyl (C=O) groups is 1. The van der Waals surface area contributed by atoms with Crippen LogP contribution in [0.25, 0.3) is 0 Å². The second-order valence-corrected chi connectivity index (χ2v) is 5.94. The number of hydrogen-bond acceptors (Lipinski definition) is 2. The van der Waals surface area contributed by atoms with Crippen LogP contribution in [0.1, 0.15) is 10.4 Å². The third-order valence-corrected chi connectivity index (χ3v) is 4.22. The molecule has 18 heavy (non-hydrogen) atoms. The zero-order valence-electron chi connectivity index (χ0n) is 9.06. The van der Waals surface area contributed by atoms with Crippen LogP contribution in [0.3, 0.4) is 0 Å². The zero-order valence-corrected chi connectivity index (χ0v) is 12.2. The first kappa shape index (κ1) is 13.5. The van der Waals surface area contributed by atoms with E-state index in [1.165, 1.54) is 11.8 Å². The number of carboxylic acids is 1. The highest BCUT2D eigenvalue weighted by Crippen LogP contribution is 2.34. The molecule has 0 spiro atoms. The largest absolute Gasteiger partial charge is 0.478 e. The van der Waals surface area contributed by atoms with E-state index >= 15 is 0 Å². The van der Waals surface area contributed by atoms with Crippen LogP contribution < -0.4 is 0 Å². The molecule has 0 atom stereocenters. The summed E-state index contributed by atoms with van der Waals surface area (Å²) >= 11 is 11.0. The number of hydrogen-bond donors (Lipinski definition) is 1. The van der Waals surface area contributed by atoms with Gasteiger partial charge in [-0.1, -0.05) is 39.3 Å². The highest BCUT2D eigenvalue weighted by atomic mass is 79.9. The van der Waals surface area contributed by atoms with Gasteiger partial charge < -0.3 is 5.11 Å². The number of benzene rings is 2. The van der Waals surface area contributed by atoms with Crippen molar-refractivity contribution in [2.24, 2.45) is 0 Å². The van der Waals surface area contributed by atoms with E-state index in [1.54, 1.807) is 24.3 Å². The summed E-state index contributed by atoms with van der Waals surface area (Å²) in [4.78, 5) is 12.6. The molecule has 2 aromatic carbocycles. The van der Waals surface area contributed by atoms with Crippen molar-refractivity contribution in [2.75, 3.05) is 0 Å². The van der Waals surface area contributed by atoms with Gasteiger partial charge in [0.25, 0.3) is 0 Å². The van der Waals surface area contributed by atoms with Gasteiger partial charge in [-0.3, -0.25) is 0 Å². The molecule has 0 aromatic heterocycles. The number of aromatic carboxylic acids is 1. The molecule has 92 valence electrons. The van der Waals surface area contributed by atoms with E-state index < -0.39 is 5.97 Å². The van der Waals surface area contributed by atoms with Crippen molar-refractivity contribution in [3.05, 3.63) is 57.5 Å². The van der Waals surface area contributed by atoms with Crippen molar-refractivity contribution in [3.63, 3.8) is 0 Å². The van der Waals surface area contributed by atoms with Crippen LogP contribution in [0.4, 0.5) is 0 Å². The van der Waals surface area contributed by atoms with Gasteiger partial charge in [-0.2, -0.15) is 0 Å². The van der Waals surface area contributed by atoms with E-state index in [4.69, 9.17) is 16.7 Å². The topological polar surface area (TPSA) is 37.3 Å². The summed E-state index contributed by atoms with van der Waals surface area (Å²) in [7, 11) is 0. The summed E-state index contributed by atoms with van der Waals surface area (Å²) < 4.78 is 0.929. The normalized spacial score (nSPS) is 10.3. The van der Waals surface area contributed by atoms with Gasteiger partial charge >= 0.3 is 5.97 Å². The predicted molar refractivity (Wildman–Crippen MR) is 76.7 cm³/mol. The Hall–Kier alpha value is -0.970. The highest BCUT2D eigenvalue weighted by Gasteiger charge is 2.05. The minimum absolute atomic E-state index is 0.279. The maximum atomic E-state index is 10.7. The summed E-state index contributed by atoms with van der Waals surface area (Å²) in [6.07, 6.45) is 0. The van der Waals surface area contributed by atoms with Crippen molar-refractivity contribution < 1.29 is 9.90 Å². The Bertz CT molecular complexity index is 584. The molecule has 0 saturated heterocycles. The van der Waals surface area contributed by atoms with Crippen LogP contribution in [-0.2, 0) is 0 Å². The van der Waals surface area contributed by atoms with Crippen molar-refractivity contribution in [2.45, 2.75) is 9.79 Å². The van der Waals surface area contributed by atoms with E-state index in [9.17, 15) is 4.79 Å². The van der Waals surface area contributed by atoms with Gasteiger partial charge in [0, 0.05) is 14.3 Å². The third-order valence-electron chi connectivity index (χ3n) is 2.22. The Balaban J connectivity index is 2.21. The van der Waals surface area contributed by atoms with Gasteiger partial charge in [0.2, 0.25) is 0 Å². The van der Waals surface area contributed by atoms with Gasteiger partial charge in [0.15, 0.2) is 0 Å². The van der Waals surface area contributed by atoms with Crippen LogP contribution >= 0.6 is 39.3 Å². The smallest absolute Gasteiger partial charge is 0.335 e. The molecule has 0 amide bonds. The monoisotopic (exact) mass is 342 g/mol. The summed E-state index contributed by atoms with van der Waals surface area (Å²) in [5.41, 5.74) is 0.279. The van der Waals surface area contributed by atoms with Crippen molar-refractivity contribution in [1.29, 1.82) is 0 Å².